The molecule has 2 N–H and O–H groups in total. The first-order chi connectivity index (χ1) is 8.71. The smallest absolute Gasteiger partial charge is 0.224 e. The van der Waals surface area contributed by atoms with Gasteiger partial charge >= 0.3 is 0 Å². The first-order valence-corrected chi connectivity index (χ1v) is 8.01. The van der Waals surface area contributed by atoms with Crippen molar-refractivity contribution in [2.45, 2.75) is 77.6 Å². The summed E-state index contributed by atoms with van der Waals surface area (Å²) < 4.78 is 0. The maximum atomic E-state index is 12.3. The molecule has 0 unspecified atom stereocenters. The number of rotatable bonds is 4. The number of hydrogen-bond donors (Lipinski definition) is 1. The monoisotopic (exact) mass is 251 g/mol. The van der Waals surface area contributed by atoms with Crippen molar-refractivity contribution in [3.63, 3.8) is 0 Å². The van der Waals surface area contributed by atoms with Crippen LogP contribution in [0.3, 0.4) is 0 Å². The quantitative estimate of drug-likeness (QED) is 0.805. The lowest BCUT2D eigenvalue weighted by Gasteiger charge is -2.46. The van der Waals surface area contributed by atoms with Gasteiger partial charge in [-0.15, -0.1) is 0 Å². The fraction of sp³-hybridized carbons (Fsp3) is 0.938. The Morgan fingerprint density at radius 1 is 0.944 bits per heavy atom. The summed E-state index contributed by atoms with van der Waals surface area (Å²) in [5.41, 5.74) is 5.73. The second kappa shape index (κ2) is 6.08. The Morgan fingerprint density at radius 3 is 1.61 bits per heavy atom. The average Bonchev–Trinajstić information content (AvgIpc) is 2.42. The van der Waals surface area contributed by atoms with E-state index >= 15 is 0 Å². The molecule has 0 radical (unpaired) electrons. The van der Waals surface area contributed by atoms with Crippen LogP contribution < -0.4 is 5.73 Å². The summed E-state index contributed by atoms with van der Waals surface area (Å²) in [6, 6.07) is 0. The van der Waals surface area contributed by atoms with Gasteiger partial charge in [-0.3, -0.25) is 4.79 Å². The summed E-state index contributed by atoms with van der Waals surface area (Å²) in [6.07, 6.45) is 13.8. The van der Waals surface area contributed by atoms with Crippen LogP contribution in [0.25, 0.3) is 0 Å². The number of nitrogens with two attached hydrogens (primary N) is 1. The van der Waals surface area contributed by atoms with E-state index in [0.29, 0.717) is 11.8 Å². The Balaban J connectivity index is 2.22. The Labute approximate surface area is 112 Å². The lowest BCUT2D eigenvalue weighted by Crippen LogP contribution is -2.49. The Bertz CT molecular complexity index is 257. The van der Waals surface area contributed by atoms with E-state index in [1.807, 2.05) is 0 Å². The molecule has 104 valence electrons. The zero-order valence-electron chi connectivity index (χ0n) is 11.9. The molecule has 2 aliphatic carbocycles. The minimum atomic E-state index is -0.180. The first-order valence-electron chi connectivity index (χ1n) is 8.01. The van der Waals surface area contributed by atoms with Crippen molar-refractivity contribution in [1.29, 1.82) is 0 Å². The van der Waals surface area contributed by atoms with Crippen LogP contribution in [-0.4, -0.2) is 5.91 Å². The molecule has 2 saturated carbocycles. The molecule has 0 heterocycles. The summed E-state index contributed by atoms with van der Waals surface area (Å²) in [4.78, 5) is 12.3. The van der Waals surface area contributed by atoms with Gasteiger partial charge in [0.15, 0.2) is 0 Å². The third-order valence-electron chi connectivity index (χ3n) is 5.71. The molecular formula is C16H29NO. The van der Waals surface area contributed by atoms with Gasteiger partial charge in [0.25, 0.3) is 0 Å². The highest BCUT2D eigenvalue weighted by atomic mass is 16.1. The molecular weight excluding hydrogens is 222 g/mol. The van der Waals surface area contributed by atoms with Gasteiger partial charge in [0.1, 0.15) is 0 Å². The minimum absolute atomic E-state index is 0.00352. The molecule has 0 aromatic rings. The van der Waals surface area contributed by atoms with Crippen molar-refractivity contribution < 1.29 is 4.79 Å². The van der Waals surface area contributed by atoms with Crippen LogP contribution in [0.1, 0.15) is 77.6 Å². The highest BCUT2D eigenvalue weighted by Crippen LogP contribution is 2.50. The van der Waals surface area contributed by atoms with Crippen molar-refractivity contribution in [1.82, 2.24) is 0 Å². The van der Waals surface area contributed by atoms with Gasteiger partial charge < -0.3 is 5.73 Å². The molecule has 0 aromatic carbocycles. The van der Waals surface area contributed by atoms with Gasteiger partial charge in [-0.2, -0.15) is 0 Å². The van der Waals surface area contributed by atoms with E-state index in [1.165, 1.54) is 64.2 Å². The Hall–Kier alpha value is -0.530. The van der Waals surface area contributed by atoms with Gasteiger partial charge in [-0.05, 0) is 43.9 Å². The Morgan fingerprint density at radius 2 is 1.33 bits per heavy atom. The topological polar surface area (TPSA) is 43.1 Å². The largest absolute Gasteiger partial charge is 0.369 e. The summed E-state index contributed by atoms with van der Waals surface area (Å²) in [5.74, 6) is 1.14. The number of hydrogen-bond acceptors (Lipinski definition) is 1. The normalized spacial score (nSPS) is 24.1. The second-order valence-electron chi connectivity index (χ2n) is 6.43. The third kappa shape index (κ3) is 2.44. The predicted octanol–water partition coefficient (Wildman–Crippen LogP) is 4.03. The van der Waals surface area contributed by atoms with Crippen molar-refractivity contribution in [3.05, 3.63) is 0 Å². The van der Waals surface area contributed by atoms with E-state index < -0.39 is 0 Å². The predicted molar refractivity (Wildman–Crippen MR) is 75.1 cm³/mol. The highest BCUT2D eigenvalue weighted by Gasteiger charge is 2.48. The summed E-state index contributed by atoms with van der Waals surface area (Å²) in [5, 5.41) is 0. The Kier molecular flexibility index (Phi) is 4.69. The summed E-state index contributed by atoms with van der Waals surface area (Å²) >= 11 is 0. The second-order valence-corrected chi connectivity index (χ2v) is 6.43. The fourth-order valence-electron chi connectivity index (χ4n) is 4.72. The maximum Gasteiger partial charge on any atom is 0.224 e. The SMILES string of the molecule is CCC(C(N)=O)(C1CCCCC1)C1CCCCC1. The molecule has 0 bridgehead atoms. The number of primary amides is 1. The van der Waals surface area contributed by atoms with Crippen LogP contribution in [0.15, 0.2) is 0 Å². The van der Waals surface area contributed by atoms with Gasteiger partial charge in [-0.25, -0.2) is 0 Å². The minimum Gasteiger partial charge on any atom is -0.369 e. The first kappa shape index (κ1) is 13.9. The molecule has 2 heteroatoms. The van der Waals surface area contributed by atoms with Crippen LogP contribution in [0.4, 0.5) is 0 Å². The number of carbonyl (C=O) groups excluding carboxylic acids is 1. The van der Waals surface area contributed by atoms with Crippen molar-refractivity contribution >= 4 is 5.91 Å². The van der Waals surface area contributed by atoms with Crippen molar-refractivity contribution in [2.75, 3.05) is 0 Å². The van der Waals surface area contributed by atoms with E-state index in [0.717, 1.165) is 6.42 Å². The standard InChI is InChI=1S/C16H29NO/c1-2-16(15(17)18,13-9-5-3-6-10-13)14-11-7-4-8-12-14/h13-14H,2-12H2,1H3,(H2,17,18). The van der Waals surface area contributed by atoms with Crippen molar-refractivity contribution in [2.24, 2.45) is 23.0 Å². The lowest BCUT2D eigenvalue weighted by atomic mass is 9.57. The number of carbonyl (C=O) groups is 1. The van der Waals surface area contributed by atoms with Crippen LogP contribution in [0, 0.1) is 17.3 Å². The third-order valence-corrected chi connectivity index (χ3v) is 5.71. The highest BCUT2D eigenvalue weighted by molar-refractivity contribution is 5.81. The van der Waals surface area contributed by atoms with Crippen LogP contribution >= 0.6 is 0 Å². The van der Waals surface area contributed by atoms with Crippen LogP contribution in [0.2, 0.25) is 0 Å². The van der Waals surface area contributed by atoms with Crippen LogP contribution in [-0.2, 0) is 4.79 Å². The average molecular weight is 251 g/mol. The summed E-state index contributed by atoms with van der Waals surface area (Å²) in [6.45, 7) is 2.19. The molecule has 2 nitrogen and oxygen atoms in total. The van der Waals surface area contributed by atoms with E-state index in [9.17, 15) is 4.79 Å². The van der Waals surface area contributed by atoms with Gasteiger partial charge in [0.2, 0.25) is 5.91 Å². The molecule has 18 heavy (non-hydrogen) atoms. The van der Waals surface area contributed by atoms with E-state index in [2.05, 4.69) is 6.92 Å². The number of amides is 1. The molecule has 2 rings (SSSR count). The van der Waals surface area contributed by atoms with Crippen LogP contribution in [0.5, 0.6) is 0 Å². The summed E-state index contributed by atoms with van der Waals surface area (Å²) in [7, 11) is 0. The van der Waals surface area contributed by atoms with E-state index in [1.54, 1.807) is 0 Å². The molecule has 0 spiro atoms. The maximum absolute atomic E-state index is 12.3. The fourth-order valence-corrected chi connectivity index (χ4v) is 4.72. The lowest BCUT2D eigenvalue weighted by molar-refractivity contribution is -0.138. The van der Waals surface area contributed by atoms with E-state index in [4.69, 9.17) is 5.73 Å². The van der Waals surface area contributed by atoms with Crippen molar-refractivity contribution in [3.8, 4) is 0 Å². The molecule has 0 aliphatic heterocycles. The molecule has 0 aromatic heterocycles. The molecule has 0 atom stereocenters. The van der Waals surface area contributed by atoms with Gasteiger partial charge in [0.05, 0.1) is 5.41 Å². The zero-order chi connectivity index (χ0) is 13.0. The van der Waals surface area contributed by atoms with Gasteiger partial charge in [-0.1, -0.05) is 45.4 Å². The molecule has 1 amide bonds. The van der Waals surface area contributed by atoms with E-state index in [-0.39, 0.29) is 11.3 Å². The molecule has 0 saturated heterocycles. The molecule has 2 fully saturated rings. The van der Waals surface area contributed by atoms with Gasteiger partial charge in [0, 0.05) is 0 Å². The zero-order valence-corrected chi connectivity index (χ0v) is 11.9. The molecule has 2 aliphatic rings.